The minimum Gasteiger partial charge on any atom is -0.462 e. The van der Waals surface area contributed by atoms with E-state index in [9.17, 15) is 10.1 Å². The SMILES string of the molecule is CCOC(=O)c1cccc(-n2c(C)cc(C=Nc3oc(-c4ccccc4)c(-c4ccccc4)c3C#N)c2C)c1. The van der Waals surface area contributed by atoms with Gasteiger partial charge in [0.1, 0.15) is 17.4 Å². The van der Waals surface area contributed by atoms with Gasteiger partial charge in [-0.2, -0.15) is 5.26 Å². The zero-order valence-electron chi connectivity index (χ0n) is 22.0. The minimum atomic E-state index is -0.353. The van der Waals surface area contributed by atoms with Crippen LogP contribution in [-0.4, -0.2) is 23.4 Å². The molecule has 0 bridgehead atoms. The zero-order valence-corrected chi connectivity index (χ0v) is 22.0. The van der Waals surface area contributed by atoms with Gasteiger partial charge in [-0.05, 0) is 50.6 Å². The Morgan fingerprint density at radius 2 is 1.67 bits per heavy atom. The van der Waals surface area contributed by atoms with Crippen molar-refractivity contribution in [3.05, 3.63) is 119 Å². The average molecular weight is 514 g/mol. The van der Waals surface area contributed by atoms with Crippen LogP contribution in [0.25, 0.3) is 28.1 Å². The van der Waals surface area contributed by atoms with Crippen molar-refractivity contribution in [2.24, 2.45) is 4.99 Å². The lowest BCUT2D eigenvalue weighted by molar-refractivity contribution is 0.0526. The summed E-state index contributed by atoms with van der Waals surface area (Å²) in [6, 6.07) is 31.1. The smallest absolute Gasteiger partial charge is 0.338 e. The van der Waals surface area contributed by atoms with E-state index in [2.05, 4.69) is 15.6 Å². The first kappa shape index (κ1) is 25.5. The lowest BCUT2D eigenvalue weighted by Gasteiger charge is -2.11. The molecule has 2 heterocycles. The molecule has 0 unspecified atom stereocenters. The molecule has 6 nitrogen and oxygen atoms in total. The number of nitrogens with zero attached hydrogens (tertiary/aromatic N) is 3. The van der Waals surface area contributed by atoms with Crippen molar-refractivity contribution < 1.29 is 13.9 Å². The molecule has 39 heavy (non-hydrogen) atoms. The molecular formula is C33H27N3O3. The molecule has 2 aromatic heterocycles. The number of furan rings is 1. The molecule has 0 atom stereocenters. The number of aryl methyl sites for hydroxylation is 1. The number of aliphatic imine (C=N–C) groups is 1. The van der Waals surface area contributed by atoms with E-state index in [-0.39, 0.29) is 11.9 Å². The van der Waals surface area contributed by atoms with Crippen LogP contribution in [0, 0.1) is 25.2 Å². The minimum absolute atomic E-state index is 0.254. The Morgan fingerprint density at radius 1 is 0.974 bits per heavy atom. The Bertz CT molecular complexity index is 1700. The highest BCUT2D eigenvalue weighted by molar-refractivity contribution is 5.91. The second kappa shape index (κ2) is 11.1. The predicted octanol–water partition coefficient (Wildman–Crippen LogP) is 7.82. The number of aromatic nitrogens is 1. The van der Waals surface area contributed by atoms with E-state index >= 15 is 0 Å². The molecule has 0 fully saturated rings. The number of esters is 1. The summed E-state index contributed by atoms with van der Waals surface area (Å²) in [6.07, 6.45) is 1.72. The van der Waals surface area contributed by atoms with E-state index in [0.717, 1.165) is 39.3 Å². The maximum atomic E-state index is 12.3. The standard InChI is InChI=1S/C33H27N3O3/c1-4-38-33(37)26-16-11-17-28(19-26)36-22(2)18-27(23(36)3)21-35-32-29(20-34)30(24-12-7-5-8-13-24)31(39-32)25-14-9-6-10-15-25/h5-19,21H,4H2,1-3H3. The fourth-order valence-electron chi connectivity index (χ4n) is 4.72. The van der Waals surface area contributed by atoms with Crippen molar-refractivity contribution in [1.29, 1.82) is 5.26 Å². The van der Waals surface area contributed by atoms with Crippen LogP contribution in [0.3, 0.4) is 0 Å². The molecular weight excluding hydrogens is 486 g/mol. The van der Waals surface area contributed by atoms with E-state index in [4.69, 9.17) is 9.15 Å². The topological polar surface area (TPSA) is 80.5 Å². The van der Waals surface area contributed by atoms with Gasteiger partial charge in [0.2, 0.25) is 5.88 Å². The van der Waals surface area contributed by atoms with Gasteiger partial charge in [0, 0.05) is 40.0 Å². The van der Waals surface area contributed by atoms with Crippen LogP contribution in [0.2, 0.25) is 0 Å². The fraction of sp³-hybridized carbons (Fsp3) is 0.121. The zero-order chi connectivity index (χ0) is 27.4. The number of carbonyl (C=O) groups is 1. The van der Waals surface area contributed by atoms with Crippen molar-refractivity contribution in [2.75, 3.05) is 6.61 Å². The van der Waals surface area contributed by atoms with Gasteiger partial charge < -0.3 is 13.7 Å². The quantitative estimate of drug-likeness (QED) is 0.164. The summed E-state index contributed by atoms with van der Waals surface area (Å²) >= 11 is 0. The highest BCUT2D eigenvalue weighted by atomic mass is 16.5. The maximum absolute atomic E-state index is 12.3. The van der Waals surface area contributed by atoms with Crippen molar-refractivity contribution in [1.82, 2.24) is 4.57 Å². The lowest BCUT2D eigenvalue weighted by Crippen LogP contribution is -2.06. The summed E-state index contributed by atoms with van der Waals surface area (Å²) in [6.45, 7) is 6.09. The third-order valence-electron chi connectivity index (χ3n) is 6.51. The van der Waals surface area contributed by atoms with Crippen LogP contribution in [0.15, 0.2) is 100 Å². The van der Waals surface area contributed by atoms with E-state index in [1.54, 1.807) is 19.2 Å². The van der Waals surface area contributed by atoms with Gasteiger partial charge >= 0.3 is 5.97 Å². The van der Waals surface area contributed by atoms with Crippen molar-refractivity contribution in [3.63, 3.8) is 0 Å². The Balaban J connectivity index is 1.57. The number of hydrogen-bond acceptors (Lipinski definition) is 5. The second-order valence-electron chi connectivity index (χ2n) is 9.02. The van der Waals surface area contributed by atoms with Crippen LogP contribution in [0.5, 0.6) is 0 Å². The van der Waals surface area contributed by atoms with E-state index in [1.165, 1.54) is 0 Å². The van der Waals surface area contributed by atoms with Crippen molar-refractivity contribution >= 4 is 18.1 Å². The highest BCUT2D eigenvalue weighted by Gasteiger charge is 2.23. The lowest BCUT2D eigenvalue weighted by atomic mass is 9.98. The molecule has 0 radical (unpaired) electrons. The van der Waals surface area contributed by atoms with E-state index in [0.29, 0.717) is 23.5 Å². The van der Waals surface area contributed by atoms with Crippen LogP contribution >= 0.6 is 0 Å². The second-order valence-corrected chi connectivity index (χ2v) is 9.02. The molecule has 0 aliphatic heterocycles. The molecule has 0 N–H and O–H groups in total. The van der Waals surface area contributed by atoms with Gasteiger partial charge in [0.15, 0.2) is 0 Å². The van der Waals surface area contributed by atoms with Gasteiger partial charge in [0.05, 0.1) is 12.2 Å². The molecule has 192 valence electrons. The van der Waals surface area contributed by atoms with Crippen LogP contribution < -0.4 is 0 Å². The summed E-state index contributed by atoms with van der Waals surface area (Å²) in [5, 5.41) is 10.2. The monoisotopic (exact) mass is 513 g/mol. The molecule has 0 aliphatic rings. The first-order valence-corrected chi connectivity index (χ1v) is 12.7. The van der Waals surface area contributed by atoms with Crippen molar-refractivity contribution in [2.45, 2.75) is 20.8 Å². The molecule has 5 aromatic rings. The number of nitriles is 1. The number of benzene rings is 3. The molecule has 0 saturated heterocycles. The first-order valence-electron chi connectivity index (χ1n) is 12.7. The summed E-state index contributed by atoms with van der Waals surface area (Å²) in [7, 11) is 0. The van der Waals surface area contributed by atoms with Crippen molar-refractivity contribution in [3.8, 4) is 34.2 Å². The Morgan fingerprint density at radius 3 is 2.33 bits per heavy atom. The van der Waals surface area contributed by atoms with Gasteiger partial charge in [0.25, 0.3) is 0 Å². The van der Waals surface area contributed by atoms with Crippen LogP contribution in [-0.2, 0) is 4.74 Å². The normalized spacial score (nSPS) is 11.0. The number of rotatable bonds is 7. The summed E-state index contributed by atoms with van der Waals surface area (Å²) < 4.78 is 13.5. The number of ether oxygens (including phenoxy) is 1. The Labute approximate surface area is 227 Å². The molecule has 0 saturated carbocycles. The molecule has 0 spiro atoms. The average Bonchev–Trinajstić information content (AvgIpc) is 3.48. The Kier molecular flexibility index (Phi) is 7.24. The molecule has 5 rings (SSSR count). The molecule has 0 aliphatic carbocycles. The number of carbonyl (C=O) groups excluding carboxylic acids is 1. The molecule has 0 amide bonds. The van der Waals surface area contributed by atoms with Gasteiger partial charge in [-0.1, -0.05) is 66.7 Å². The van der Waals surface area contributed by atoms with Gasteiger partial charge in [-0.15, -0.1) is 0 Å². The maximum Gasteiger partial charge on any atom is 0.338 e. The third-order valence-corrected chi connectivity index (χ3v) is 6.51. The summed E-state index contributed by atoms with van der Waals surface area (Å²) in [5.41, 5.74) is 6.99. The van der Waals surface area contributed by atoms with Crippen LogP contribution in [0.1, 0.15) is 39.8 Å². The third kappa shape index (κ3) is 5.03. The fourth-order valence-corrected chi connectivity index (χ4v) is 4.72. The Hall–Kier alpha value is -5.15. The highest BCUT2D eigenvalue weighted by Crippen LogP contribution is 2.42. The first-order chi connectivity index (χ1) is 19.0. The van der Waals surface area contributed by atoms with E-state index < -0.39 is 0 Å². The van der Waals surface area contributed by atoms with E-state index in [1.807, 2.05) is 98.8 Å². The molecule has 3 aromatic carbocycles. The summed E-state index contributed by atoms with van der Waals surface area (Å²) in [5.74, 6) is 0.505. The van der Waals surface area contributed by atoms with Gasteiger partial charge in [-0.25, -0.2) is 9.79 Å². The van der Waals surface area contributed by atoms with Crippen LogP contribution in [0.4, 0.5) is 5.88 Å². The largest absolute Gasteiger partial charge is 0.462 e. The molecule has 6 heteroatoms. The summed E-state index contributed by atoms with van der Waals surface area (Å²) in [4.78, 5) is 16.9. The predicted molar refractivity (Wildman–Crippen MR) is 153 cm³/mol. The number of hydrogen-bond donors (Lipinski definition) is 0. The van der Waals surface area contributed by atoms with Gasteiger partial charge in [-0.3, -0.25) is 0 Å².